The van der Waals surface area contributed by atoms with Crippen LogP contribution in [0.5, 0.6) is 0 Å². The molecule has 0 atom stereocenters. The lowest BCUT2D eigenvalue weighted by Gasteiger charge is -2.05. The summed E-state index contributed by atoms with van der Waals surface area (Å²) in [6.45, 7) is 1.54. The zero-order valence-electron chi connectivity index (χ0n) is 10.7. The Hall–Kier alpha value is -1.73. The normalized spacial score (nSPS) is 10.8. The summed E-state index contributed by atoms with van der Waals surface area (Å²) in [5.74, 6) is -0.0239. The van der Waals surface area contributed by atoms with Crippen LogP contribution >= 0.6 is 12.2 Å². The zero-order valence-corrected chi connectivity index (χ0v) is 11.5. The molecule has 2 heterocycles. The molecule has 2 aromatic heterocycles. The fourth-order valence-electron chi connectivity index (χ4n) is 1.79. The molecule has 0 aliphatic rings. The maximum absolute atomic E-state index is 11.6. The minimum absolute atomic E-state index is 0.0239. The molecule has 2 N–H and O–H groups in total. The summed E-state index contributed by atoms with van der Waals surface area (Å²) in [7, 11) is 1.60. The van der Waals surface area contributed by atoms with Crippen LogP contribution in [-0.4, -0.2) is 40.7 Å². The molecule has 0 bridgehead atoms. The van der Waals surface area contributed by atoms with Crippen molar-refractivity contribution in [1.29, 1.82) is 0 Å². The topological polar surface area (TPSA) is 71.9 Å². The Morgan fingerprint density at radius 3 is 3.26 bits per heavy atom. The van der Waals surface area contributed by atoms with Crippen molar-refractivity contribution in [2.45, 2.75) is 13.0 Å². The van der Waals surface area contributed by atoms with Gasteiger partial charge in [0.1, 0.15) is 0 Å². The van der Waals surface area contributed by atoms with Gasteiger partial charge in [-0.1, -0.05) is 0 Å². The largest absolute Gasteiger partial charge is 0.383 e. The van der Waals surface area contributed by atoms with Gasteiger partial charge >= 0.3 is 0 Å². The average molecular weight is 280 g/mol. The maximum Gasteiger partial charge on any atom is 0.221 e. The first-order chi connectivity index (χ1) is 9.22. The number of carbonyl (C=O) groups excluding carboxylic acids is 1. The molecule has 0 saturated carbocycles. The van der Waals surface area contributed by atoms with Gasteiger partial charge in [-0.3, -0.25) is 4.79 Å². The van der Waals surface area contributed by atoms with Crippen molar-refractivity contribution in [3.63, 3.8) is 0 Å². The summed E-state index contributed by atoms with van der Waals surface area (Å²) >= 11 is 5.23. The monoisotopic (exact) mass is 280 g/mol. The van der Waals surface area contributed by atoms with E-state index in [0.717, 1.165) is 11.2 Å². The number of carbonyl (C=O) groups is 1. The van der Waals surface area contributed by atoms with E-state index in [-0.39, 0.29) is 5.91 Å². The van der Waals surface area contributed by atoms with Crippen LogP contribution in [-0.2, 0) is 16.1 Å². The minimum atomic E-state index is -0.0239. The molecule has 19 heavy (non-hydrogen) atoms. The number of imidazole rings is 1. The third-order valence-electron chi connectivity index (χ3n) is 2.72. The summed E-state index contributed by atoms with van der Waals surface area (Å²) in [6, 6.07) is 3.75. The SMILES string of the molecule is COCCNC(=O)CCn1c(=S)[nH]c2cccnc21. The summed E-state index contributed by atoms with van der Waals surface area (Å²) in [6.07, 6.45) is 2.07. The van der Waals surface area contributed by atoms with E-state index >= 15 is 0 Å². The van der Waals surface area contributed by atoms with E-state index in [2.05, 4.69) is 15.3 Å². The number of ether oxygens (including phenoxy) is 1. The van der Waals surface area contributed by atoms with Crippen molar-refractivity contribution in [2.75, 3.05) is 20.3 Å². The molecule has 0 radical (unpaired) electrons. The lowest BCUT2D eigenvalue weighted by molar-refractivity contribution is -0.121. The van der Waals surface area contributed by atoms with Gasteiger partial charge in [0.25, 0.3) is 0 Å². The number of hydrogen-bond donors (Lipinski definition) is 2. The molecule has 0 saturated heterocycles. The van der Waals surface area contributed by atoms with Gasteiger partial charge < -0.3 is 19.6 Å². The van der Waals surface area contributed by atoms with Gasteiger partial charge in [0.15, 0.2) is 10.4 Å². The zero-order chi connectivity index (χ0) is 13.7. The lowest BCUT2D eigenvalue weighted by Crippen LogP contribution is -2.27. The first kappa shape index (κ1) is 13.7. The van der Waals surface area contributed by atoms with Gasteiger partial charge in [0.05, 0.1) is 12.1 Å². The van der Waals surface area contributed by atoms with Crippen molar-refractivity contribution in [3.8, 4) is 0 Å². The second-order valence-electron chi connectivity index (χ2n) is 4.05. The summed E-state index contributed by atoms with van der Waals surface area (Å²) < 4.78 is 7.28. The number of aromatic amines is 1. The van der Waals surface area contributed by atoms with Crippen LogP contribution in [0.2, 0.25) is 0 Å². The van der Waals surface area contributed by atoms with Gasteiger partial charge in [-0.15, -0.1) is 0 Å². The predicted octanol–water partition coefficient (Wildman–Crippen LogP) is 1.25. The van der Waals surface area contributed by atoms with Crippen molar-refractivity contribution < 1.29 is 9.53 Å². The van der Waals surface area contributed by atoms with Gasteiger partial charge in [-0.05, 0) is 24.4 Å². The highest BCUT2D eigenvalue weighted by Gasteiger charge is 2.07. The maximum atomic E-state index is 11.6. The van der Waals surface area contributed by atoms with Crippen LogP contribution < -0.4 is 5.32 Å². The Morgan fingerprint density at radius 1 is 1.63 bits per heavy atom. The molecular weight excluding hydrogens is 264 g/mol. The fourth-order valence-corrected chi connectivity index (χ4v) is 2.08. The van der Waals surface area contributed by atoms with Gasteiger partial charge in [-0.25, -0.2) is 4.98 Å². The molecule has 7 heteroatoms. The molecule has 0 fully saturated rings. The summed E-state index contributed by atoms with van der Waals surface area (Å²) in [5, 5.41) is 2.77. The molecule has 0 aliphatic heterocycles. The summed E-state index contributed by atoms with van der Waals surface area (Å²) in [5.41, 5.74) is 1.66. The van der Waals surface area contributed by atoms with E-state index in [4.69, 9.17) is 17.0 Å². The van der Waals surface area contributed by atoms with Gasteiger partial charge in [-0.2, -0.15) is 0 Å². The molecule has 0 spiro atoms. The Morgan fingerprint density at radius 2 is 2.47 bits per heavy atom. The van der Waals surface area contributed by atoms with E-state index in [1.54, 1.807) is 13.3 Å². The van der Waals surface area contributed by atoms with Crippen LogP contribution in [0.1, 0.15) is 6.42 Å². The molecule has 0 aromatic carbocycles. The second kappa shape index (κ2) is 6.44. The summed E-state index contributed by atoms with van der Waals surface area (Å²) in [4.78, 5) is 19.0. The smallest absolute Gasteiger partial charge is 0.221 e. The number of aromatic nitrogens is 3. The van der Waals surface area contributed by atoms with Crippen LogP contribution in [0.3, 0.4) is 0 Å². The first-order valence-electron chi connectivity index (χ1n) is 6.01. The van der Waals surface area contributed by atoms with E-state index in [1.807, 2.05) is 16.7 Å². The van der Waals surface area contributed by atoms with Crippen molar-refractivity contribution in [3.05, 3.63) is 23.1 Å². The number of aryl methyl sites for hydroxylation is 1. The van der Waals surface area contributed by atoms with E-state index in [9.17, 15) is 4.79 Å². The molecule has 2 aromatic rings. The van der Waals surface area contributed by atoms with Crippen molar-refractivity contribution in [2.24, 2.45) is 0 Å². The Kier molecular flexibility index (Phi) is 4.64. The third kappa shape index (κ3) is 3.39. The number of methoxy groups -OCH3 is 1. The first-order valence-corrected chi connectivity index (χ1v) is 6.42. The van der Waals surface area contributed by atoms with Crippen LogP contribution in [0.15, 0.2) is 18.3 Å². The third-order valence-corrected chi connectivity index (χ3v) is 3.04. The molecule has 102 valence electrons. The second-order valence-corrected chi connectivity index (χ2v) is 4.44. The highest BCUT2D eigenvalue weighted by Crippen LogP contribution is 2.10. The number of hydrogen-bond acceptors (Lipinski definition) is 4. The Bertz CT molecular complexity index is 619. The molecule has 6 nitrogen and oxygen atoms in total. The Balaban J connectivity index is 2.00. The highest BCUT2D eigenvalue weighted by molar-refractivity contribution is 7.71. The van der Waals surface area contributed by atoms with E-state index in [0.29, 0.717) is 30.9 Å². The predicted molar refractivity (Wildman–Crippen MR) is 74.4 cm³/mol. The number of fused-ring (bicyclic) bond motifs is 1. The number of rotatable bonds is 6. The molecule has 2 rings (SSSR count). The number of nitrogens with one attached hydrogen (secondary N) is 2. The van der Waals surface area contributed by atoms with Crippen LogP contribution in [0, 0.1) is 4.77 Å². The lowest BCUT2D eigenvalue weighted by atomic mass is 10.4. The molecule has 1 amide bonds. The van der Waals surface area contributed by atoms with Gasteiger partial charge in [0.2, 0.25) is 5.91 Å². The number of pyridine rings is 1. The fraction of sp³-hybridized carbons (Fsp3) is 0.417. The number of H-pyrrole nitrogens is 1. The van der Waals surface area contributed by atoms with E-state index in [1.165, 1.54) is 0 Å². The highest BCUT2D eigenvalue weighted by atomic mass is 32.1. The van der Waals surface area contributed by atoms with E-state index < -0.39 is 0 Å². The average Bonchev–Trinajstić information content (AvgIpc) is 2.72. The Labute approximate surface area is 115 Å². The minimum Gasteiger partial charge on any atom is -0.383 e. The standard InChI is InChI=1S/C12H16N4O2S/c1-18-8-6-13-10(17)4-7-16-11-9(15-12(16)19)3-2-5-14-11/h2-3,5H,4,6-8H2,1H3,(H,13,17)(H,15,19). The number of amides is 1. The molecular formula is C12H16N4O2S. The molecule has 0 unspecified atom stereocenters. The van der Waals surface area contributed by atoms with Gasteiger partial charge in [0, 0.05) is 32.8 Å². The van der Waals surface area contributed by atoms with Crippen LogP contribution in [0.4, 0.5) is 0 Å². The van der Waals surface area contributed by atoms with Crippen molar-refractivity contribution >= 4 is 29.3 Å². The quantitative estimate of drug-likeness (QED) is 0.617. The molecule has 0 aliphatic carbocycles. The van der Waals surface area contributed by atoms with Crippen molar-refractivity contribution in [1.82, 2.24) is 19.9 Å². The van der Waals surface area contributed by atoms with Crippen LogP contribution in [0.25, 0.3) is 11.2 Å². The number of nitrogens with zero attached hydrogens (tertiary/aromatic N) is 2.